The minimum atomic E-state index is -3.75. The quantitative estimate of drug-likeness (QED) is 0.685. The lowest BCUT2D eigenvalue weighted by Crippen LogP contribution is -2.35. The molecule has 0 radical (unpaired) electrons. The summed E-state index contributed by atoms with van der Waals surface area (Å²) in [6.45, 7) is 4.84. The van der Waals surface area contributed by atoms with Gasteiger partial charge in [0.1, 0.15) is 16.3 Å². The Labute approximate surface area is 188 Å². The summed E-state index contributed by atoms with van der Waals surface area (Å²) in [7, 11) is -3.75. The minimum Gasteiger partial charge on any atom is -0.492 e. The number of carbonyl (C=O) groups excluding carboxylic acids is 2. The first-order chi connectivity index (χ1) is 15.3. The molecule has 4 rings (SSSR count). The average molecular weight is 460 g/mol. The molecule has 172 valence electrons. The molecule has 0 atom stereocenters. The number of Topliss-reactive ketones (excluding diaryl/α,β-unsaturated/α-hetero) is 1. The molecule has 1 aliphatic heterocycles. The third-order valence-electron chi connectivity index (χ3n) is 6.10. The van der Waals surface area contributed by atoms with Gasteiger partial charge >= 0.3 is 0 Å². The molecule has 1 amide bonds. The zero-order valence-corrected chi connectivity index (χ0v) is 19.3. The fourth-order valence-electron chi connectivity index (χ4n) is 4.50. The number of nitrogens with one attached hydrogen (secondary N) is 2. The lowest BCUT2D eigenvalue weighted by Gasteiger charge is -2.27. The summed E-state index contributed by atoms with van der Waals surface area (Å²) < 4.78 is 33.7. The van der Waals surface area contributed by atoms with Crippen LogP contribution in [0.5, 0.6) is 5.75 Å². The van der Waals surface area contributed by atoms with E-state index in [1.54, 1.807) is 26.0 Å². The standard InChI is InChI=1S/C23H29N3O5S/c1-3-31-19-11-10-16(14-20(19)32(29,30)26-12-5-4-6-13-26)24-23(28)22-15(2)21-17(25-22)8-7-9-18(21)27/h10-11,14,25H,3-9,12-13H2,1-2H3,(H,24,28). The van der Waals surface area contributed by atoms with Crippen molar-refractivity contribution < 1.29 is 22.7 Å². The van der Waals surface area contributed by atoms with E-state index in [2.05, 4.69) is 10.3 Å². The maximum absolute atomic E-state index is 13.3. The zero-order chi connectivity index (χ0) is 22.9. The van der Waals surface area contributed by atoms with E-state index in [1.165, 1.54) is 10.4 Å². The first kappa shape index (κ1) is 22.5. The van der Waals surface area contributed by atoms with E-state index in [0.717, 1.165) is 37.8 Å². The molecule has 2 aliphatic rings. The van der Waals surface area contributed by atoms with Crippen LogP contribution >= 0.6 is 0 Å². The van der Waals surface area contributed by atoms with Crippen LogP contribution < -0.4 is 10.1 Å². The molecular weight excluding hydrogens is 430 g/mol. The van der Waals surface area contributed by atoms with Crippen molar-refractivity contribution in [3.63, 3.8) is 0 Å². The smallest absolute Gasteiger partial charge is 0.272 e. The highest BCUT2D eigenvalue weighted by Crippen LogP contribution is 2.32. The summed E-state index contributed by atoms with van der Waals surface area (Å²) in [4.78, 5) is 28.4. The molecule has 1 aliphatic carbocycles. The van der Waals surface area contributed by atoms with Crippen LogP contribution in [0.2, 0.25) is 0 Å². The number of ether oxygens (including phenoxy) is 1. The van der Waals surface area contributed by atoms with Gasteiger partial charge in [0.2, 0.25) is 10.0 Å². The number of piperidine rings is 1. The van der Waals surface area contributed by atoms with Crippen molar-refractivity contribution in [1.29, 1.82) is 0 Å². The number of ketones is 1. The highest BCUT2D eigenvalue weighted by Gasteiger charge is 2.30. The number of hydrogen-bond donors (Lipinski definition) is 2. The highest BCUT2D eigenvalue weighted by molar-refractivity contribution is 7.89. The number of hydrogen-bond acceptors (Lipinski definition) is 5. The summed E-state index contributed by atoms with van der Waals surface area (Å²) in [6.07, 6.45) is 4.66. The summed E-state index contributed by atoms with van der Waals surface area (Å²) in [6, 6.07) is 4.66. The maximum Gasteiger partial charge on any atom is 0.272 e. The molecule has 1 fully saturated rings. The molecule has 2 aromatic rings. The molecule has 1 aromatic heterocycles. The molecular formula is C23H29N3O5S. The molecule has 2 heterocycles. The Morgan fingerprint density at radius 3 is 2.59 bits per heavy atom. The molecule has 0 unspecified atom stereocenters. The van der Waals surface area contributed by atoms with Gasteiger partial charge in [-0.25, -0.2) is 8.42 Å². The average Bonchev–Trinajstić information content (AvgIpc) is 3.13. The Morgan fingerprint density at radius 1 is 1.16 bits per heavy atom. The molecule has 32 heavy (non-hydrogen) atoms. The van der Waals surface area contributed by atoms with Crippen LogP contribution in [0.25, 0.3) is 0 Å². The third kappa shape index (κ3) is 4.19. The van der Waals surface area contributed by atoms with Gasteiger partial charge in [-0.15, -0.1) is 0 Å². The van der Waals surface area contributed by atoms with E-state index in [9.17, 15) is 18.0 Å². The second-order valence-corrected chi connectivity index (χ2v) is 10.2. The zero-order valence-electron chi connectivity index (χ0n) is 18.5. The fourth-order valence-corrected chi connectivity index (χ4v) is 6.18. The summed E-state index contributed by atoms with van der Waals surface area (Å²) in [5.74, 6) is -0.0848. The molecule has 0 bridgehead atoms. The Kier molecular flexibility index (Phi) is 6.39. The predicted molar refractivity (Wildman–Crippen MR) is 121 cm³/mol. The number of aromatic amines is 1. The van der Waals surface area contributed by atoms with Crippen LogP contribution in [-0.2, 0) is 16.4 Å². The van der Waals surface area contributed by atoms with Gasteiger partial charge in [0.25, 0.3) is 5.91 Å². The predicted octanol–water partition coefficient (Wildman–Crippen LogP) is 3.67. The first-order valence-electron chi connectivity index (χ1n) is 11.2. The van der Waals surface area contributed by atoms with Crippen molar-refractivity contribution in [3.8, 4) is 5.75 Å². The van der Waals surface area contributed by atoms with Gasteiger partial charge in [-0.05, 0) is 63.3 Å². The van der Waals surface area contributed by atoms with Crippen molar-refractivity contribution in [2.75, 3.05) is 25.0 Å². The molecule has 9 heteroatoms. The lowest BCUT2D eigenvalue weighted by molar-refractivity contribution is 0.0971. The lowest BCUT2D eigenvalue weighted by atomic mass is 9.94. The maximum atomic E-state index is 13.3. The van der Waals surface area contributed by atoms with Crippen LogP contribution in [-0.4, -0.2) is 49.1 Å². The van der Waals surface area contributed by atoms with E-state index in [0.29, 0.717) is 48.6 Å². The van der Waals surface area contributed by atoms with Crippen LogP contribution in [0.15, 0.2) is 23.1 Å². The van der Waals surface area contributed by atoms with Gasteiger partial charge in [-0.3, -0.25) is 9.59 Å². The number of sulfonamides is 1. The number of aryl methyl sites for hydroxylation is 1. The number of benzene rings is 1. The van der Waals surface area contributed by atoms with Gasteiger partial charge in [-0.2, -0.15) is 4.31 Å². The van der Waals surface area contributed by atoms with Crippen LogP contribution in [0.4, 0.5) is 5.69 Å². The van der Waals surface area contributed by atoms with Gasteiger partial charge < -0.3 is 15.0 Å². The van der Waals surface area contributed by atoms with Crippen LogP contribution in [0, 0.1) is 6.92 Å². The summed E-state index contributed by atoms with van der Waals surface area (Å²) >= 11 is 0. The van der Waals surface area contributed by atoms with Crippen molar-refractivity contribution in [1.82, 2.24) is 9.29 Å². The summed E-state index contributed by atoms with van der Waals surface area (Å²) in [5.41, 5.74) is 2.73. The normalized spacial score (nSPS) is 17.1. The van der Waals surface area contributed by atoms with Crippen LogP contribution in [0.3, 0.4) is 0 Å². The van der Waals surface area contributed by atoms with Crippen LogP contribution in [0.1, 0.15) is 71.1 Å². The van der Waals surface area contributed by atoms with E-state index in [4.69, 9.17) is 4.74 Å². The molecule has 1 aromatic carbocycles. The van der Waals surface area contributed by atoms with Crippen molar-refractivity contribution in [2.45, 2.75) is 57.3 Å². The Hall–Kier alpha value is -2.65. The largest absolute Gasteiger partial charge is 0.492 e. The monoisotopic (exact) mass is 459 g/mol. The number of rotatable bonds is 6. The SMILES string of the molecule is CCOc1ccc(NC(=O)c2[nH]c3c(c2C)C(=O)CCC3)cc1S(=O)(=O)N1CCCCC1. The number of nitrogens with zero attached hydrogens (tertiary/aromatic N) is 1. The fraction of sp³-hybridized carbons (Fsp3) is 0.478. The number of carbonyl (C=O) groups is 2. The van der Waals surface area contributed by atoms with Gasteiger partial charge in [-0.1, -0.05) is 6.42 Å². The second kappa shape index (κ2) is 9.07. The molecule has 8 nitrogen and oxygen atoms in total. The van der Waals surface area contributed by atoms with E-state index in [1.807, 2.05) is 0 Å². The van der Waals surface area contributed by atoms with E-state index >= 15 is 0 Å². The van der Waals surface area contributed by atoms with Crippen molar-refractivity contribution in [3.05, 3.63) is 40.7 Å². The Bertz CT molecular complexity index is 1150. The third-order valence-corrected chi connectivity index (χ3v) is 8.02. The molecule has 2 N–H and O–H groups in total. The second-order valence-electron chi connectivity index (χ2n) is 8.27. The van der Waals surface area contributed by atoms with Gasteiger partial charge in [0, 0.05) is 36.5 Å². The van der Waals surface area contributed by atoms with E-state index in [-0.39, 0.29) is 16.4 Å². The highest BCUT2D eigenvalue weighted by atomic mass is 32.2. The topological polar surface area (TPSA) is 109 Å². The molecule has 1 saturated heterocycles. The van der Waals surface area contributed by atoms with Gasteiger partial charge in [0.05, 0.1) is 6.61 Å². The number of fused-ring (bicyclic) bond motifs is 1. The molecule has 0 spiro atoms. The van der Waals surface area contributed by atoms with E-state index < -0.39 is 15.9 Å². The summed E-state index contributed by atoms with van der Waals surface area (Å²) in [5, 5.41) is 2.79. The number of aromatic nitrogens is 1. The van der Waals surface area contributed by atoms with Crippen molar-refractivity contribution in [2.24, 2.45) is 0 Å². The first-order valence-corrected chi connectivity index (χ1v) is 12.6. The Balaban J connectivity index is 1.64. The minimum absolute atomic E-state index is 0.0510. The number of H-pyrrole nitrogens is 1. The van der Waals surface area contributed by atoms with Crippen molar-refractivity contribution >= 4 is 27.4 Å². The van der Waals surface area contributed by atoms with Gasteiger partial charge in [0.15, 0.2) is 5.78 Å². The molecule has 0 saturated carbocycles. The number of anilines is 1. The Morgan fingerprint density at radius 2 is 1.91 bits per heavy atom. The number of amides is 1.